The van der Waals surface area contributed by atoms with Crippen molar-refractivity contribution >= 4 is 16.7 Å². The number of rotatable bonds is 6. The molecule has 3 aromatic rings. The van der Waals surface area contributed by atoms with E-state index < -0.39 is 5.69 Å². The Morgan fingerprint density at radius 2 is 1.61 bits per heavy atom. The molecule has 0 radical (unpaired) electrons. The van der Waals surface area contributed by atoms with Crippen LogP contribution in [0.1, 0.15) is 48.5 Å². The molecule has 1 heterocycles. The van der Waals surface area contributed by atoms with Crippen LogP contribution in [0.25, 0.3) is 10.9 Å². The average molecular weight is 422 g/mol. The molecule has 1 aliphatic rings. The minimum Gasteiger partial charge on any atom is -0.493 e. The molecular formula is C24H26N2O5. The second kappa shape index (κ2) is 8.79. The van der Waals surface area contributed by atoms with Gasteiger partial charge in [0.25, 0.3) is 5.56 Å². The molecule has 1 aliphatic carbocycles. The number of fused-ring (bicyclic) bond motifs is 1. The number of hydrogen-bond acceptors (Lipinski definition) is 5. The molecule has 31 heavy (non-hydrogen) atoms. The highest BCUT2D eigenvalue weighted by Crippen LogP contribution is 2.31. The van der Waals surface area contributed by atoms with Crippen LogP contribution in [-0.2, 0) is 6.54 Å². The Hall–Kier alpha value is -3.35. The number of carbonyl (C=O) groups excluding carboxylic acids is 1. The summed E-state index contributed by atoms with van der Waals surface area (Å²) in [6.45, 7) is -0.165. The molecule has 162 valence electrons. The van der Waals surface area contributed by atoms with Gasteiger partial charge >= 0.3 is 5.69 Å². The van der Waals surface area contributed by atoms with E-state index in [4.69, 9.17) is 9.47 Å². The fourth-order valence-electron chi connectivity index (χ4n) is 4.39. The van der Waals surface area contributed by atoms with Crippen molar-refractivity contribution in [1.82, 2.24) is 9.13 Å². The van der Waals surface area contributed by atoms with Crippen LogP contribution in [0.3, 0.4) is 0 Å². The van der Waals surface area contributed by atoms with Gasteiger partial charge in [0.1, 0.15) is 0 Å². The van der Waals surface area contributed by atoms with Crippen LogP contribution in [0, 0.1) is 0 Å². The number of Topliss-reactive ketones (excluding diaryl/α,β-unsaturated/α-hetero) is 1. The van der Waals surface area contributed by atoms with E-state index >= 15 is 0 Å². The van der Waals surface area contributed by atoms with Gasteiger partial charge in [-0.2, -0.15) is 0 Å². The van der Waals surface area contributed by atoms with Crippen molar-refractivity contribution in [3.05, 3.63) is 68.9 Å². The van der Waals surface area contributed by atoms with Gasteiger partial charge in [0, 0.05) is 17.7 Å². The lowest BCUT2D eigenvalue weighted by molar-refractivity contribution is 0.0970. The highest BCUT2D eigenvalue weighted by Gasteiger charge is 2.24. The Morgan fingerprint density at radius 3 is 2.26 bits per heavy atom. The minimum atomic E-state index is -0.457. The van der Waals surface area contributed by atoms with Crippen LogP contribution in [0.15, 0.2) is 52.1 Å². The van der Waals surface area contributed by atoms with Crippen molar-refractivity contribution in [2.75, 3.05) is 14.2 Å². The molecule has 0 aliphatic heterocycles. The molecule has 0 spiro atoms. The fourth-order valence-corrected chi connectivity index (χ4v) is 4.39. The minimum absolute atomic E-state index is 0.163. The van der Waals surface area contributed by atoms with Gasteiger partial charge in [-0.1, -0.05) is 49.6 Å². The molecule has 0 atom stereocenters. The molecule has 0 N–H and O–H groups in total. The van der Waals surface area contributed by atoms with Gasteiger partial charge in [0.2, 0.25) is 0 Å². The van der Waals surface area contributed by atoms with Crippen LogP contribution in [0.2, 0.25) is 0 Å². The second-order valence-electron chi connectivity index (χ2n) is 7.85. The SMILES string of the molecule is COc1cc2c(=O)n(C3CCCCC3)c(=O)n(CC(=O)c3ccccc3)c2cc1OC. The maximum atomic E-state index is 13.5. The summed E-state index contributed by atoms with van der Waals surface area (Å²) in [6, 6.07) is 11.9. The summed E-state index contributed by atoms with van der Waals surface area (Å²) in [6.07, 6.45) is 4.61. The Morgan fingerprint density at radius 1 is 0.968 bits per heavy atom. The maximum absolute atomic E-state index is 13.5. The number of nitrogens with zero attached hydrogens (tertiary/aromatic N) is 2. The van der Waals surface area contributed by atoms with Crippen molar-refractivity contribution in [1.29, 1.82) is 0 Å². The number of benzene rings is 2. The predicted molar refractivity (Wildman–Crippen MR) is 118 cm³/mol. The number of ether oxygens (including phenoxy) is 2. The zero-order chi connectivity index (χ0) is 22.0. The quantitative estimate of drug-likeness (QED) is 0.568. The maximum Gasteiger partial charge on any atom is 0.332 e. The van der Waals surface area contributed by atoms with E-state index in [1.165, 1.54) is 23.4 Å². The van der Waals surface area contributed by atoms with E-state index in [0.717, 1.165) is 32.1 Å². The predicted octanol–water partition coefficient (Wildman–Crippen LogP) is 3.57. The zero-order valence-corrected chi connectivity index (χ0v) is 17.8. The molecule has 0 unspecified atom stereocenters. The van der Waals surface area contributed by atoms with Crippen LogP contribution in [0.5, 0.6) is 11.5 Å². The monoisotopic (exact) mass is 422 g/mol. The van der Waals surface area contributed by atoms with Crippen molar-refractivity contribution in [3.63, 3.8) is 0 Å². The molecule has 0 amide bonds. The summed E-state index contributed by atoms with van der Waals surface area (Å²) < 4.78 is 13.5. The van der Waals surface area contributed by atoms with Gasteiger partial charge in [0.15, 0.2) is 17.3 Å². The Kier molecular flexibility index (Phi) is 5.93. The van der Waals surface area contributed by atoms with Gasteiger partial charge in [0.05, 0.1) is 31.7 Å². The van der Waals surface area contributed by atoms with Crippen LogP contribution in [-0.4, -0.2) is 29.1 Å². The highest BCUT2D eigenvalue weighted by atomic mass is 16.5. The molecule has 0 bridgehead atoms. The number of aromatic nitrogens is 2. The second-order valence-corrected chi connectivity index (χ2v) is 7.85. The molecule has 0 saturated heterocycles. The zero-order valence-electron chi connectivity index (χ0n) is 17.8. The first-order valence-corrected chi connectivity index (χ1v) is 10.5. The molecule has 7 nitrogen and oxygen atoms in total. The Bertz CT molecular complexity index is 1220. The van der Waals surface area contributed by atoms with E-state index in [1.807, 2.05) is 6.07 Å². The first kappa shape index (κ1) is 20.9. The number of methoxy groups -OCH3 is 2. The van der Waals surface area contributed by atoms with Crippen molar-refractivity contribution in [3.8, 4) is 11.5 Å². The van der Waals surface area contributed by atoms with E-state index in [-0.39, 0.29) is 23.9 Å². The lowest BCUT2D eigenvalue weighted by Crippen LogP contribution is -2.43. The van der Waals surface area contributed by atoms with Gasteiger partial charge in [-0.3, -0.25) is 18.7 Å². The largest absolute Gasteiger partial charge is 0.493 e. The van der Waals surface area contributed by atoms with Crippen molar-refractivity contribution < 1.29 is 14.3 Å². The third-order valence-corrected chi connectivity index (χ3v) is 6.02. The summed E-state index contributed by atoms with van der Waals surface area (Å²) >= 11 is 0. The number of ketones is 1. The van der Waals surface area contributed by atoms with E-state index in [9.17, 15) is 14.4 Å². The lowest BCUT2D eigenvalue weighted by atomic mass is 9.95. The fraction of sp³-hybridized carbons (Fsp3) is 0.375. The summed E-state index contributed by atoms with van der Waals surface area (Å²) in [5, 5.41) is 0.337. The molecule has 1 fully saturated rings. The van der Waals surface area contributed by atoms with Crippen LogP contribution in [0.4, 0.5) is 0 Å². The summed E-state index contributed by atoms with van der Waals surface area (Å²) in [7, 11) is 2.99. The first-order chi connectivity index (χ1) is 15.0. The summed E-state index contributed by atoms with van der Waals surface area (Å²) in [5.74, 6) is 0.597. The number of hydrogen-bond donors (Lipinski definition) is 0. The lowest BCUT2D eigenvalue weighted by Gasteiger charge is -2.25. The van der Waals surface area contributed by atoms with Gasteiger partial charge in [-0.05, 0) is 18.9 Å². The van der Waals surface area contributed by atoms with Gasteiger partial charge in [-0.25, -0.2) is 4.79 Å². The molecule has 1 saturated carbocycles. The summed E-state index contributed by atoms with van der Waals surface area (Å²) in [4.78, 5) is 39.9. The topological polar surface area (TPSA) is 79.5 Å². The Labute approximate surface area is 179 Å². The van der Waals surface area contributed by atoms with E-state index in [2.05, 4.69) is 0 Å². The first-order valence-electron chi connectivity index (χ1n) is 10.5. The van der Waals surface area contributed by atoms with Crippen molar-refractivity contribution in [2.45, 2.75) is 44.7 Å². The molecule has 2 aromatic carbocycles. The Balaban J connectivity index is 1.96. The van der Waals surface area contributed by atoms with E-state index in [1.54, 1.807) is 36.4 Å². The molecule has 7 heteroatoms. The van der Waals surface area contributed by atoms with Crippen molar-refractivity contribution in [2.24, 2.45) is 0 Å². The van der Waals surface area contributed by atoms with Gasteiger partial charge in [-0.15, -0.1) is 0 Å². The third kappa shape index (κ3) is 3.87. The van der Waals surface area contributed by atoms with Crippen LogP contribution < -0.4 is 20.7 Å². The van der Waals surface area contributed by atoms with Gasteiger partial charge < -0.3 is 9.47 Å². The highest BCUT2D eigenvalue weighted by molar-refractivity contribution is 5.96. The van der Waals surface area contributed by atoms with Crippen LogP contribution >= 0.6 is 0 Å². The molecule has 4 rings (SSSR count). The van der Waals surface area contributed by atoms with E-state index in [0.29, 0.717) is 28.0 Å². The average Bonchev–Trinajstić information content (AvgIpc) is 2.82. The number of carbonyl (C=O) groups is 1. The smallest absolute Gasteiger partial charge is 0.332 e. The standard InChI is InChI=1S/C24H26N2O5/c1-30-21-13-18-19(14-22(21)31-2)25(15-20(27)16-9-5-3-6-10-16)24(29)26(23(18)28)17-11-7-4-8-12-17/h3,5-6,9-10,13-14,17H,4,7-8,11-12,15H2,1-2H3. The normalized spacial score (nSPS) is 14.5. The summed E-state index contributed by atoms with van der Waals surface area (Å²) in [5.41, 5.74) is 0.0691. The molecule has 1 aromatic heterocycles. The molecular weight excluding hydrogens is 396 g/mol. The third-order valence-electron chi connectivity index (χ3n) is 6.02.